The average Bonchev–Trinajstić information content (AvgIpc) is 2.70. The van der Waals surface area contributed by atoms with Crippen LogP contribution in [0.5, 0.6) is 0 Å². The first kappa shape index (κ1) is 19.7. The predicted molar refractivity (Wildman–Crippen MR) is 116 cm³/mol. The molecule has 1 heterocycles. The van der Waals surface area contributed by atoms with Gasteiger partial charge in [0.2, 0.25) is 0 Å². The van der Waals surface area contributed by atoms with Crippen LogP contribution >= 0.6 is 23.5 Å². The van der Waals surface area contributed by atoms with E-state index in [1.807, 2.05) is 0 Å². The molecule has 0 saturated carbocycles. The van der Waals surface area contributed by atoms with Crippen LogP contribution in [0.3, 0.4) is 0 Å². The van der Waals surface area contributed by atoms with E-state index in [1.165, 1.54) is 6.21 Å². The van der Waals surface area contributed by atoms with Crippen molar-refractivity contribution in [1.29, 1.82) is 5.41 Å². The number of hydrogen-bond acceptors (Lipinski definition) is 7. The minimum absolute atomic E-state index is 0.338. The lowest BCUT2D eigenvalue weighted by Crippen LogP contribution is -2.14. The maximum absolute atomic E-state index is 12.8. The summed E-state index contributed by atoms with van der Waals surface area (Å²) in [5.41, 5.74) is 8.56. The van der Waals surface area contributed by atoms with Crippen molar-refractivity contribution in [1.82, 2.24) is 4.98 Å². The minimum Gasteiger partial charge on any atom is -0.398 e. The highest BCUT2D eigenvalue weighted by atomic mass is 35.5. The van der Waals surface area contributed by atoms with Crippen LogP contribution < -0.4 is 21.5 Å². The van der Waals surface area contributed by atoms with Crippen molar-refractivity contribution in [2.24, 2.45) is 5.14 Å². The summed E-state index contributed by atoms with van der Waals surface area (Å²) in [6.07, 6.45) is 2.76. The Morgan fingerprint density at radius 1 is 1.18 bits per heavy atom. The van der Waals surface area contributed by atoms with Crippen molar-refractivity contribution >= 4 is 58.6 Å². The van der Waals surface area contributed by atoms with E-state index in [-0.39, 0.29) is 5.91 Å². The van der Waals surface area contributed by atoms with Crippen LogP contribution in [0.1, 0.15) is 15.9 Å². The Morgan fingerprint density at radius 3 is 2.68 bits per heavy atom. The summed E-state index contributed by atoms with van der Waals surface area (Å²) in [6.45, 7) is 0. The Bertz CT molecular complexity index is 1040. The molecule has 0 bridgehead atoms. The zero-order chi connectivity index (χ0) is 20.1. The van der Waals surface area contributed by atoms with E-state index >= 15 is 0 Å². The first-order valence-electron chi connectivity index (χ1n) is 8.11. The van der Waals surface area contributed by atoms with Gasteiger partial charge in [0.1, 0.15) is 5.82 Å². The number of nitrogens with zero attached hydrogens (tertiary/aromatic N) is 1. The van der Waals surface area contributed by atoms with Gasteiger partial charge in [-0.2, -0.15) is 0 Å². The smallest absolute Gasteiger partial charge is 0.259 e. The number of anilines is 4. The molecule has 1 aromatic heterocycles. The number of nitrogens with two attached hydrogens (primary N) is 2. The average molecular weight is 413 g/mol. The fraction of sp³-hybridized carbons (Fsp3) is 0. The highest BCUT2D eigenvalue weighted by Crippen LogP contribution is 2.28. The van der Waals surface area contributed by atoms with Crippen molar-refractivity contribution in [3.8, 4) is 0 Å². The lowest BCUT2D eigenvalue weighted by atomic mass is 10.1. The lowest BCUT2D eigenvalue weighted by Gasteiger charge is -2.13. The number of nitrogen functional groups attached to an aromatic ring is 1. The molecule has 0 aliphatic heterocycles. The summed E-state index contributed by atoms with van der Waals surface area (Å²) in [6, 6.07) is 13.6. The normalized spacial score (nSPS) is 10.4. The van der Waals surface area contributed by atoms with Gasteiger partial charge in [-0.05, 0) is 60.5 Å². The Hall–Kier alpha value is -3.07. The number of carbonyl (C=O) groups is 1. The van der Waals surface area contributed by atoms with Gasteiger partial charge in [-0.25, -0.2) is 4.98 Å². The molecule has 0 unspecified atom stereocenters. The van der Waals surface area contributed by atoms with E-state index in [0.717, 1.165) is 11.9 Å². The maximum atomic E-state index is 12.8. The van der Waals surface area contributed by atoms with Gasteiger partial charge < -0.3 is 21.8 Å². The van der Waals surface area contributed by atoms with Gasteiger partial charge in [-0.1, -0.05) is 11.6 Å². The molecule has 0 radical (unpaired) electrons. The predicted octanol–water partition coefficient (Wildman–Crippen LogP) is 4.28. The molecule has 7 nitrogen and oxygen atoms in total. The van der Waals surface area contributed by atoms with Crippen molar-refractivity contribution in [2.75, 3.05) is 16.4 Å². The topological polar surface area (TPSA) is 130 Å². The molecular formula is C19H17ClN6OS. The summed E-state index contributed by atoms with van der Waals surface area (Å²) in [5.74, 6) is 0.0411. The van der Waals surface area contributed by atoms with Gasteiger partial charge >= 0.3 is 0 Å². The van der Waals surface area contributed by atoms with Crippen molar-refractivity contribution in [3.05, 3.63) is 70.9 Å². The molecule has 0 atom stereocenters. The largest absolute Gasteiger partial charge is 0.398 e. The molecule has 2 aromatic carbocycles. The number of benzene rings is 2. The Labute approximate surface area is 171 Å². The third-order valence-electron chi connectivity index (χ3n) is 3.87. The van der Waals surface area contributed by atoms with Crippen molar-refractivity contribution < 1.29 is 4.79 Å². The Kier molecular flexibility index (Phi) is 6.15. The van der Waals surface area contributed by atoms with E-state index in [9.17, 15) is 4.79 Å². The first-order chi connectivity index (χ1) is 13.5. The molecule has 0 aliphatic carbocycles. The molecule has 28 heavy (non-hydrogen) atoms. The standard InChI is InChI=1S/C19H17ClN6OS/c20-15-6-5-13(9-17(15)28-23)26-19(27)14-2-1-7-24-18(14)25-12-4-3-11(10-21)16(22)8-12/h1-10,21H,22-23H2,(H,24,25)(H,26,27). The molecule has 3 aromatic rings. The Morgan fingerprint density at radius 2 is 1.96 bits per heavy atom. The molecule has 0 spiro atoms. The molecule has 0 saturated heterocycles. The van der Waals surface area contributed by atoms with Crippen LogP contribution in [0.2, 0.25) is 5.02 Å². The number of nitrogens with one attached hydrogen (secondary N) is 3. The summed E-state index contributed by atoms with van der Waals surface area (Å²) in [7, 11) is 0. The second-order valence-corrected chi connectivity index (χ2v) is 6.81. The second-order valence-electron chi connectivity index (χ2n) is 5.73. The van der Waals surface area contributed by atoms with E-state index in [2.05, 4.69) is 15.6 Å². The SMILES string of the molecule is N=Cc1ccc(Nc2ncccc2C(=O)Nc2ccc(Cl)c(SN)c2)cc1N. The molecule has 3 rings (SSSR count). The number of amides is 1. The quantitative estimate of drug-likeness (QED) is 0.233. The van der Waals surface area contributed by atoms with Gasteiger partial charge in [0.25, 0.3) is 5.91 Å². The summed E-state index contributed by atoms with van der Waals surface area (Å²) in [5, 5.41) is 19.3. The van der Waals surface area contributed by atoms with E-state index in [0.29, 0.717) is 43.9 Å². The third kappa shape index (κ3) is 4.42. The number of hydrogen-bond donors (Lipinski definition) is 5. The molecule has 142 valence electrons. The highest BCUT2D eigenvalue weighted by Gasteiger charge is 2.14. The molecular weight excluding hydrogens is 396 g/mol. The number of aromatic nitrogens is 1. The number of halogens is 1. The van der Waals surface area contributed by atoms with E-state index in [4.69, 9.17) is 27.9 Å². The van der Waals surface area contributed by atoms with Crippen LogP contribution in [-0.4, -0.2) is 17.1 Å². The summed E-state index contributed by atoms with van der Waals surface area (Å²) in [4.78, 5) is 17.7. The molecule has 9 heteroatoms. The van der Waals surface area contributed by atoms with Gasteiger partial charge in [0.15, 0.2) is 0 Å². The third-order valence-corrected chi connectivity index (χ3v) is 4.91. The van der Waals surface area contributed by atoms with E-state index in [1.54, 1.807) is 54.7 Å². The molecule has 7 N–H and O–H groups in total. The zero-order valence-electron chi connectivity index (χ0n) is 14.6. The van der Waals surface area contributed by atoms with Gasteiger partial charge in [-0.15, -0.1) is 0 Å². The fourth-order valence-electron chi connectivity index (χ4n) is 2.48. The number of rotatable bonds is 6. The van der Waals surface area contributed by atoms with E-state index < -0.39 is 0 Å². The first-order valence-corrected chi connectivity index (χ1v) is 9.37. The fourth-order valence-corrected chi connectivity index (χ4v) is 3.11. The molecule has 0 aliphatic rings. The maximum Gasteiger partial charge on any atom is 0.259 e. The van der Waals surface area contributed by atoms with Gasteiger partial charge in [-0.3, -0.25) is 9.93 Å². The van der Waals surface area contributed by atoms with Crippen molar-refractivity contribution in [3.63, 3.8) is 0 Å². The number of carbonyl (C=O) groups excluding carboxylic acids is 1. The van der Waals surface area contributed by atoms with Gasteiger partial charge in [0.05, 0.1) is 10.6 Å². The van der Waals surface area contributed by atoms with Crippen molar-refractivity contribution in [2.45, 2.75) is 4.90 Å². The Balaban J connectivity index is 1.84. The highest BCUT2D eigenvalue weighted by molar-refractivity contribution is 7.97. The van der Waals surface area contributed by atoms with Crippen LogP contribution in [0, 0.1) is 5.41 Å². The van der Waals surface area contributed by atoms with Crippen LogP contribution in [0.4, 0.5) is 22.9 Å². The van der Waals surface area contributed by atoms with Gasteiger partial charge in [0, 0.05) is 39.9 Å². The van der Waals surface area contributed by atoms with Crippen LogP contribution in [-0.2, 0) is 0 Å². The molecule has 0 fully saturated rings. The van der Waals surface area contributed by atoms with Crippen LogP contribution in [0.15, 0.2) is 59.6 Å². The second kappa shape index (κ2) is 8.75. The monoisotopic (exact) mass is 412 g/mol. The summed E-state index contributed by atoms with van der Waals surface area (Å²) < 4.78 is 0. The minimum atomic E-state index is -0.338. The molecule has 1 amide bonds. The summed E-state index contributed by atoms with van der Waals surface area (Å²) >= 11 is 7.05. The zero-order valence-corrected chi connectivity index (χ0v) is 16.1. The number of pyridine rings is 1. The lowest BCUT2D eigenvalue weighted by molar-refractivity contribution is 0.102. The van der Waals surface area contributed by atoms with Crippen LogP contribution in [0.25, 0.3) is 0 Å².